The zero-order valence-corrected chi connectivity index (χ0v) is 16.2. The normalized spacial score (nSPS) is 21.2. The molecule has 2 fully saturated rings. The molecule has 1 aromatic heterocycles. The van der Waals surface area contributed by atoms with Crippen LogP contribution in [-0.4, -0.2) is 76.7 Å². The van der Waals surface area contributed by atoms with Gasteiger partial charge in [-0.15, -0.1) is 5.10 Å². The number of hydrogen-bond donors (Lipinski definition) is 0. The van der Waals surface area contributed by atoms with E-state index < -0.39 is 10.2 Å². The standard InChI is InChI=1S/C15H25N5O3S2/c1-2-13-14(24-17-16-13)15(21)18-9-11-20(12-10-18)25(22,23)19-7-5-3-4-6-8-19/h2-12H2,1H3. The number of piperazine rings is 1. The van der Waals surface area contributed by atoms with E-state index in [1.165, 1.54) is 4.31 Å². The summed E-state index contributed by atoms with van der Waals surface area (Å²) in [5.74, 6) is -0.0846. The molecule has 25 heavy (non-hydrogen) atoms. The second-order valence-electron chi connectivity index (χ2n) is 6.41. The van der Waals surface area contributed by atoms with Crippen LogP contribution in [0, 0.1) is 0 Å². The van der Waals surface area contributed by atoms with Crippen molar-refractivity contribution in [3.63, 3.8) is 0 Å². The Morgan fingerprint density at radius 2 is 1.60 bits per heavy atom. The van der Waals surface area contributed by atoms with Crippen molar-refractivity contribution in [2.24, 2.45) is 0 Å². The van der Waals surface area contributed by atoms with Crippen LogP contribution in [0.1, 0.15) is 48.0 Å². The summed E-state index contributed by atoms with van der Waals surface area (Å²) in [7, 11) is -3.42. The number of hydrogen-bond acceptors (Lipinski definition) is 6. The van der Waals surface area contributed by atoms with Gasteiger partial charge in [0.1, 0.15) is 4.88 Å². The second-order valence-corrected chi connectivity index (χ2v) is 9.10. The molecule has 1 amide bonds. The SMILES string of the molecule is CCc1nnsc1C(=O)N1CCN(S(=O)(=O)N2CCCCCC2)CC1. The topological polar surface area (TPSA) is 86.7 Å². The fourth-order valence-corrected chi connectivity index (χ4v) is 5.69. The average molecular weight is 388 g/mol. The molecule has 140 valence electrons. The van der Waals surface area contributed by atoms with Crippen molar-refractivity contribution in [1.82, 2.24) is 23.1 Å². The molecule has 8 nitrogen and oxygen atoms in total. The third kappa shape index (κ3) is 4.02. The zero-order chi connectivity index (χ0) is 17.9. The Hall–Kier alpha value is -1.10. The first-order valence-corrected chi connectivity index (χ1v) is 11.1. The number of rotatable bonds is 4. The molecule has 0 saturated carbocycles. The Kier molecular flexibility index (Phi) is 6.03. The van der Waals surface area contributed by atoms with Gasteiger partial charge in [0.05, 0.1) is 5.69 Å². The Morgan fingerprint density at radius 1 is 1.00 bits per heavy atom. The van der Waals surface area contributed by atoms with Gasteiger partial charge in [0.2, 0.25) is 0 Å². The lowest BCUT2D eigenvalue weighted by Gasteiger charge is -2.36. The third-order valence-corrected chi connectivity index (χ3v) is 7.62. The van der Waals surface area contributed by atoms with Crippen LogP contribution in [0.3, 0.4) is 0 Å². The molecule has 0 aliphatic carbocycles. The van der Waals surface area contributed by atoms with Gasteiger partial charge >= 0.3 is 0 Å². The van der Waals surface area contributed by atoms with E-state index in [0.29, 0.717) is 50.6 Å². The fourth-order valence-electron chi connectivity index (χ4n) is 3.30. The van der Waals surface area contributed by atoms with Gasteiger partial charge in [0.15, 0.2) is 0 Å². The van der Waals surface area contributed by atoms with Crippen LogP contribution in [0.4, 0.5) is 0 Å². The summed E-state index contributed by atoms with van der Waals surface area (Å²) in [4.78, 5) is 14.9. The fraction of sp³-hybridized carbons (Fsp3) is 0.800. The van der Waals surface area contributed by atoms with Crippen LogP contribution in [0.25, 0.3) is 0 Å². The number of aromatic nitrogens is 2. The molecule has 0 unspecified atom stereocenters. The lowest BCUT2D eigenvalue weighted by atomic mass is 10.2. The highest BCUT2D eigenvalue weighted by atomic mass is 32.2. The highest BCUT2D eigenvalue weighted by Crippen LogP contribution is 2.20. The van der Waals surface area contributed by atoms with Gasteiger partial charge in [-0.05, 0) is 30.8 Å². The van der Waals surface area contributed by atoms with Crippen molar-refractivity contribution in [3.05, 3.63) is 10.6 Å². The number of nitrogens with zero attached hydrogens (tertiary/aromatic N) is 5. The lowest BCUT2D eigenvalue weighted by Crippen LogP contribution is -2.54. The first-order chi connectivity index (χ1) is 12.0. The van der Waals surface area contributed by atoms with Gasteiger partial charge in [0.25, 0.3) is 16.1 Å². The molecule has 0 aromatic carbocycles. The largest absolute Gasteiger partial charge is 0.335 e. The van der Waals surface area contributed by atoms with Crippen molar-refractivity contribution >= 4 is 27.6 Å². The summed E-state index contributed by atoms with van der Waals surface area (Å²) in [6.07, 6.45) is 4.71. The minimum absolute atomic E-state index is 0.0846. The van der Waals surface area contributed by atoms with Gasteiger partial charge in [-0.1, -0.05) is 24.3 Å². The van der Waals surface area contributed by atoms with Crippen molar-refractivity contribution in [3.8, 4) is 0 Å². The molecule has 1 aromatic rings. The predicted octanol–water partition coefficient (Wildman–Crippen LogP) is 0.979. The van der Waals surface area contributed by atoms with Crippen molar-refractivity contribution in [2.45, 2.75) is 39.0 Å². The van der Waals surface area contributed by atoms with E-state index in [-0.39, 0.29) is 5.91 Å². The maximum atomic E-state index is 12.8. The molecule has 3 rings (SSSR count). The van der Waals surface area contributed by atoms with Crippen LogP contribution in [0.5, 0.6) is 0 Å². The molecule has 0 spiro atoms. The molecule has 2 aliphatic heterocycles. The van der Waals surface area contributed by atoms with Crippen LogP contribution in [-0.2, 0) is 16.6 Å². The Morgan fingerprint density at radius 3 is 2.20 bits per heavy atom. The molecule has 0 N–H and O–H groups in total. The summed E-state index contributed by atoms with van der Waals surface area (Å²) in [5, 5.41) is 3.98. The van der Waals surface area contributed by atoms with Gasteiger partial charge in [-0.2, -0.15) is 17.0 Å². The van der Waals surface area contributed by atoms with Crippen LogP contribution < -0.4 is 0 Å². The highest BCUT2D eigenvalue weighted by Gasteiger charge is 2.34. The van der Waals surface area contributed by atoms with Crippen LogP contribution in [0.2, 0.25) is 0 Å². The number of carbonyl (C=O) groups is 1. The number of aryl methyl sites for hydroxylation is 1. The smallest absolute Gasteiger partial charge is 0.282 e. The van der Waals surface area contributed by atoms with Gasteiger partial charge in [0, 0.05) is 39.3 Å². The van der Waals surface area contributed by atoms with Crippen LogP contribution >= 0.6 is 11.5 Å². The van der Waals surface area contributed by atoms with E-state index in [9.17, 15) is 13.2 Å². The van der Waals surface area contributed by atoms with Gasteiger partial charge < -0.3 is 4.90 Å². The molecule has 2 aliphatic rings. The molecule has 0 atom stereocenters. The highest BCUT2D eigenvalue weighted by molar-refractivity contribution is 7.86. The summed E-state index contributed by atoms with van der Waals surface area (Å²) >= 11 is 1.11. The number of amides is 1. The Balaban J connectivity index is 1.62. The maximum Gasteiger partial charge on any atom is 0.282 e. The average Bonchev–Trinajstić information content (AvgIpc) is 2.93. The summed E-state index contributed by atoms with van der Waals surface area (Å²) in [6.45, 7) is 4.66. The lowest BCUT2D eigenvalue weighted by molar-refractivity contribution is 0.0697. The molecular formula is C15H25N5O3S2. The van der Waals surface area contributed by atoms with Crippen molar-refractivity contribution in [1.29, 1.82) is 0 Å². The summed E-state index contributed by atoms with van der Waals surface area (Å²) in [5.41, 5.74) is 0.717. The first kappa shape index (κ1) is 18.7. The van der Waals surface area contributed by atoms with E-state index in [1.54, 1.807) is 9.21 Å². The van der Waals surface area contributed by atoms with E-state index in [1.807, 2.05) is 6.92 Å². The van der Waals surface area contributed by atoms with Gasteiger partial charge in [-0.3, -0.25) is 4.79 Å². The first-order valence-electron chi connectivity index (χ1n) is 8.89. The monoisotopic (exact) mass is 387 g/mol. The molecule has 3 heterocycles. The van der Waals surface area contributed by atoms with Crippen LogP contribution in [0.15, 0.2) is 0 Å². The van der Waals surface area contributed by atoms with Crippen molar-refractivity contribution < 1.29 is 13.2 Å². The zero-order valence-electron chi connectivity index (χ0n) is 14.6. The van der Waals surface area contributed by atoms with Gasteiger partial charge in [-0.25, -0.2) is 0 Å². The molecule has 0 bridgehead atoms. The molecular weight excluding hydrogens is 362 g/mol. The molecule has 10 heteroatoms. The summed E-state index contributed by atoms with van der Waals surface area (Å²) < 4.78 is 32.7. The quantitative estimate of drug-likeness (QED) is 0.769. The maximum absolute atomic E-state index is 12.8. The minimum atomic E-state index is -3.42. The Labute approximate surface area is 153 Å². The second kappa shape index (κ2) is 8.07. The van der Waals surface area contributed by atoms with E-state index in [2.05, 4.69) is 9.59 Å². The molecule has 0 radical (unpaired) electrons. The minimum Gasteiger partial charge on any atom is -0.335 e. The Bertz CT molecular complexity index is 690. The number of carbonyl (C=O) groups excluding carboxylic acids is 1. The van der Waals surface area contributed by atoms with E-state index >= 15 is 0 Å². The van der Waals surface area contributed by atoms with E-state index in [4.69, 9.17) is 0 Å². The van der Waals surface area contributed by atoms with Crippen molar-refractivity contribution in [2.75, 3.05) is 39.3 Å². The molecule has 2 saturated heterocycles. The van der Waals surface area contributed by atoms with E-state index in [0.717, 1.165) is 42.9 Å². The summed E-state index contributed by atoms with van der Waals surface area (Å²) in [6, 6.07) is 0. The predicted molar refractivity (Wildman–Crippen MR) is 95.7 cm³/mol. The third-order valence-electron chi connectivity index (χ3n) is 4.83.